The highest BCUT2D eigenvalue weighted by Crippen LogP contribution is 2.44. The van der Waals surface area contributed by atoms with Gasteiger partial charge in [0.05, 0.1) is 44.2 Å². The maximum Gasteiger partial charge on any atom is 0.145 e. The molecule has 11 rings (SSSR count). The minimum atomic E-state index is 0.907. The second-order valence-corrected chi connectivity index (χ2v) is 12.1. The summed E-state index contributed by atoms with van der Waals surface area (Å²) in [5, 5.41) is 9.15. The van der Waals surface area contributed by atoms with E-state index in [1.54, 1.807) is 0 Å². The van der Waals surface area contributed by atoms with Gasteiger partial charge in [0, 0.05) is 32.3 Å². The number of hydrogen-bond donors (Lipinski definition) is 0. The molecule has 0 bridgehead atoms. The van der Waals surface area contributed by atoms with Gasteiger partial charge in [0.1, 0.15) is 22.3 Å². The third-order valence-corrected chi connectivity index (χ3v) is 9.72. The quantitative estimate of drug-likeness (QED) is 0.201. The Balaban J connectivity index is 1.28. The van der Waals surface area contributed by atoms with Crippen LogP contribution in [-0.2, 0) is 0 Å². The van der Waals surface area contributed by atoms with E-state index in [9.17, 15) is 0 Å². The van der Waals surface area contributed by atoms with E-state index in [1.807, 2.05) is 12.1 Å². The third-order valence-electron chi connectivity index (χ3n) is 9.72. The van der Waals surface area contributed by atoms with Crippen molar-refractivity contribution in [3.8, 4) is 11.4 Å². The minimum Gasteiger partial charge on any atom is -0.455 e. The zero-order valence-corrected chi connectivity index (χ0v) is 24.6. The van der Waals surface area contributed by atoms with Crippen molar-refractivity contribution in [2.45, 2.75) is 0 Å². The predicted molar refractivity (Wildman–Crippen MR) is 190 cm³/mol. The molecule has 0 radical (unpaired) electrons. The lowest BCUT2D eigenvalue weighted by atomic mass is 10.1. The Bertz CT molecular complexity index is 2830. The van der Waals surface area contributed by atoms with E-state index >= 15 is 0 Å². The van der Waals surface area contributed by atoms with Crippen LogP contribution in [-0.4, -0.2) is 9.13 Å². The van der Waals surface area contributed by atoms with Crippen LogP contribution < -0.4 is 0 Å². The van der Waals surface area contributed by atoms with Crippen molar-refractivity contribution >= 4 is 87.5 Å². The van der Waals surface area contributed by atoms with Gasteiger partial charge in [-0.1, -0.05) is 84.9 Å². The monoisotopic (exact) mass is 588 g/mol. The Labute approximate surface area is 261 Å². The highest BCUT2D eigenvalue weighted by atomic mass is 16.3. The average Bonchev–Trinajstić information content (AvgIpc) is 3.85. The summed E-state index contributed by atoms with van der Waals surface area (Å²) in [7, 11) is 0. The summed E-state index contributed by atoms with van der Waals surface area (Å²) < 4.78 is 17.9. The zero-order chi connectivity index (χ0) is 29.9. The topological polar surface area (TPSA) is 36.1 Å². The van der Waals surface area contributed by atoms with Crippen LogP contribution in [0, 0.1) is 0 Å². The van der Waals surface area contributed by atoms with Gasteiger partial charge in [-0.2, -0.15) is 0 Å². The first kappa shape index (κ1) is 24.1. The molecule has 7 aromatic carbocycles. The highest BCUT2D eigenvalue weighted by Gasteiger charge is 2.23. The van der Waals surface area contributed by atoms with Crippen molar-refractivity contribution in [3.63, 3.8) is 0 Å². The Morgan fingerprint density at radius 3 is 1.17 bits per heavy atom. The van der Waals surface area contributed by atoms with Crippen LogP contribution in [0.2, 0.25) is 0 Å². The van der Waals surface area contributed by atoms with Gasteiger partial charge in [-0.3, -0.25) is 0 Å². The summed E-state index contributed by atoms with van der Waals surface area (Å²) in [6, 6.07) is 51.6. The first-order valence-electron chi connectivity index (χ1n) is 15.6. The summed E-state index contributed by atoms with van der Waals surface area (Å²) >= 11 is 0. The van der Waals surface area contributed by atoms with Crippen LogP contribution in [0.15, 0.2) is 154 Å². The SMILES string of the molecule is c1ccc(-n2c3ccccc3c3c4oc5ccccc5c4ccc32)c(-n2c3ccccc3c3c4oc5ccccc5c4ccc32)c1. The number of aromatic nitrogens is 2. The molecule has 4 heterocycles. The summed E-state index contributed by atoms with van der Waals surface area (Å²) in [5.74, 6) is 0. The summed E-state index contributed by atoms with van der Waals surface area (Å²) in [6.45, 7) is 0. The fourth-order valence-corrected chi connectivity index (χ4v) is 7.83. The lowest BCUT2D eigenvalue weighted by Gasteiger charge is -2.16. The maximum absolute atomic E-state index is 6.58. The molecule has 46 heavy (non-hydrogen) atoms. The van der Waals surface area contributed by atoms with E-state index in [-0.39, 0.29) is 0 Å². The number of para-hydroxylation sites is 6. The van der Waals surface area contributed by atoms with E-state index in [0.717, 1.165) is 88.1 Å². The van der Waals surface area contributed by atoms with Crippen molar-refractivity contribution in [2.24, 2.45) is 0 Å². The van der Waals surface area contributed by atoms with E-state index in [1.165, 1.54) is 10.8 Å². The zero-order valence-electron chi connectivity index (χ0n) is 24.6. The highest BCUT2D eigenvalue weighted by molar-refractivity contribution is 6.25. The third kappa shape index (κ3) is 2.98. The lowest BCUT2D eigenvalue weighted by Crippen LogP contribution is -2.03. The van der Waals surface area contributed by atoms with Crippen LogP contribution >= 0.6 is 0 Å². The molecule has 11 aromatic rings. The van der Waals surface area contributed by atoms with Crippen LogP contribution in [0.3, 0.4) is 0 Å². The standard InChI is InChI=1S/C42H24N2O2/c1-5-15-31-29(13-1)39-35(23-21-27-25-11-3-9-19-37(25)45-41(27)39)43(31)33-17-7-8-18-34(33)44-32-16-6-2-14-30(32)40-36(44)24-22-28-26-12-4-10-20-38(26)46-42(28)40/h1-24H. The van der Waals surface area contributed by atoms with Crippen molar-refractivity contribution in [2.75, 3.05) is 0 Å². The first-order valence-corrected chi connectivity index (χ1v) is 15.6. The van der Waals surface area contributed by atoms with Crippen LogP contribution in [0.1, 0.15) is 0 Å². The van der Waals surface area contributed by atoms with E-state index in [0.29, 0.717) is 0 Å². The second kappa shape index (κ2) is 8.68. The van der Waals surface area contributed by atoms with Crippen molar-refractivity contribution in [1.29, 1.82) is 0 Å². The molecule has 0 aliphatic carbocycles. The molecule has 0 saturated carbocycles. The van der Waals surface area contributed by atoms with Gasteiger partial charge >= 0.3 is 0 Å². The Hall–Kier alpha value is -6.26. The molecule has 0 N–H and O–H groups in total. The van der Waals surface area contributed by atoms with Gasteiger partial charge in [-0.15, -0.1) is 0 Å². The van der Waals surface area contributed by atoms with Crippen molar-refractivity contribution in [1.82, 2.24) is 9.13 Å². The van der Waals surface area contributed by atoms with Crippen LogP contribution in [0.5, 0.6) is 0 Å². The van der Waals surface area contributed by atoms with E-state index < -0.39 is 0 Å². The molecule has 4 aromatic heterocycles. The van der Waals surface area contributed by atoms with Gasteiger partial charge in [-0.25, -0.2) is 0 Å². The summed E-state index contributed by atoms with van der Waals surface area (Å²) in [5.41, 5.74) is 10.4. The number of hydrogen-bond acceptors (Lipinski definition) is 2. The van der Waals surface area contributed by atoms with Gasteiger partial charge in [0.25, 0.3) is 0 Å². The van der Waals surface area contributed by atoms with E-state index in [2.05, 4.69) is 143 Å². The molecule has 0 aliphatic heterocycles. The van der Waals surface area contributed by atoms with Crippen molar-refractivity contribution in [3.05, 3.63) is 146 Å². The molecule has 0 amide bonds. The molecule has 0 aliphatic rings. The molecule has 4 nitrogen and oxygen atoms in total. The number of nitrogens with zero attached hydrogens (tertiary/aromatic N) is 2. The summed E-state index contributed by atoms with van der Waals surface area (Å²) in [4.78, 5) is 0. The number of furan rings is 2. The molecule has 0 fully saturated rings. The van der Waals surface area contributed by atoms with Gasteiger partial charge in [0.15, 0.2) is 0 Å². The van der Waals surface area contributed by atoms with Gasteiger partial charge in [-0.05, 0) is 60.7 Å². The molecule has 0 unspecified atom stereocenters. The van der Waals surface area contributed by atoms with Crippen LogP contribution in [0.4, 0.5) is 0 Å². The number of benzene rings is 7. The molecule has 0 spiro atoms. The molecule has 214 valence electrons. The average molecular weight is 589 g/mol. The maximum atomic E-state index is 6.58. The first-order chi connectivity index (χ1) is 22.8. The largest absolute Gasteiger partial charge is 0.455 e. The Morgan fingerprint density at radius 2 is 0.696 bits per heavy atom. The molecule has 4 heteroatoms. The fourth-order valence-electron chi connectivity index (χ4n) is 7.83. The van der Waals surface area contributed by atoms with E-state index in [4.69, 9.17) is 8.83 Å². The number of rotatable bonds is 2. The van der Waals surface area contributed by atoms with Gasteiger partial charge in [0.2, 0.25) is 0 Å². The normalized spacial score (nSPS) is 12.3. The number of fused-ring (bicyclic) bond motifs is 14. The van der Waals surface area contributed by atoms with Crippen LogP contribution in [0.25, 0.3) is 98.9 Å². The fraction of sp³-hybridized carbons (Fsp3) is 0. The second-order valence-electron chi connectivity index (χ2n) is 12.1. The molecular weight excluding hydrogens is 564 g/mol. The van der Waals surface area contributed by atoms with Gasteiger partial charge < -0.3 is 18.0 Å². The Kier molecular flexibility index (Phi) is 4.55. The lowest BCUT2D eigenvalue weighted by molar-refractivity contribution is 0.672. The molecule has 0 atom stereocenters. The Morgan fingerprint density at radius 1 is 0.304 bits per heavy atom. The smallest absolute Gasteiger partial charge is 0.145 e. The molecular formula is C42H24N2O2. The molecule has 0 saturated heterocycles. The predicted octanol–water partition coefficient (Wildman–Crippen LogP) is 11.7. The summed E-state index contributed by atoms with van der Waals surface area (Å²) in [6.07, 6.45) is 0. The van der Waals surface area contributed by atoms with Crippen molar-refractivity contribution < 1.29 is 8.83 Å². The minimum absolute atomic E-state index is 0.907.